The number of β-amino-alcohol motifs (C(OH)–C–C–N with tert-alkyl or cyclic N) is 1. The molecule has 0 amide bonds. The summed E-state index contributed by atoms with van der Waals surface area (Å²) in [5.74, 6) is -1.50. The number of ether oxygens (including phenoxy) is 3. The molecule has 6 rings (SSSR count). The quantitative estimate of drug-likeness (QED) is 0.561. The molecule has 2 aromatic carbocycles. The van der Waals surface area contributed by atoms with Crippen LogP contribution >= 0.6 is 0 Å². The third-order valence-electron chi connectivity index (χ3n) is 6.28. The van der Waals surface area contributed by atoms with Gasteiger partial charge in [0.05, 0.1) is 30.4 Å². The first kappa shape index (κ1) is 19.9. The Hall–Kier alpha value is -2.79. The zero-order chi connectivity index (χ0) is 22.0. The summed E-state index contributed by atoms with van der Waals surface area (Å²) in [7, 11) is 0. The number of imidazole rings is 1. The van der Waals surface area contributed by atoms with Crippen LogP contribution in [-0.2, 0) is 9.47 Å². The molecule has 4 atom stereocenters. The van der Waals surface area contributed by atoms with Crippen molar-refractivity contribution in [3.8, 4) is 17.1 Å². The summed E-state index contributed by atoms with van der Waals surface area (Å²) in [6.07, 6.45) is -2.47. The maximum atomic E-state index is 15.3. The minimum Gasteiger partial charge on any atom is -0.456 e. The van der Waals surface area contributed by atoms with E-state index in [1.165, 1.54) is 6.07 Å². The standard InChI is InChI=1S/C22H21F2N3O5/c23-13-5-14-19(26-22(25-14)32-16-9-31-20-15(29)8-30-21(16)20)18(24)17(13)10-1-3-11(4-2-10)27-6-12(28)7-27/h1-5,12,15-16,20-21,28-29H,6-9H2,(H,25,26)/t15-,16-,20-,21-/m1/s1. The van der Waals surface area contributed by atoms with E-state index in [1.54, 1.807) is 24.3 Å². The number of nitrogens with zero attached hydrogens (tertiary/aromatic N) is 2. The van der Waals surface area contributed by atoms with Crippen LogP contribution < -0.4 is 9.64 Å². The number of fused-ring (bicyclic) bond motifs is 2. The Balaban J connectivity index is 1.28. The van der Waals surface area contributed by atoms with Crippen molar-refractivity contribution in [2.75, 3.05) is 31.2 Å². The third-order valence-corrected chi connectivity index (χ3v) is 6.28. The van der Waals surface area contributed by atoms with Crippen LogP contribution in [0.3, 0.4) is 0 Å². The Kier molecular flexibility index (Phi) is 4.58. The largest absolute Gasteiger partial charge is 0.456 e. The average Bonchev–Trinajstić information content (AvgIpc) is 3.44. The number of nitrogens with one attached hydrogen (secondary N) is 1. The van der Waals surface area contributed by atoms with Crippen LogP contribution in [0.25, 0.3) is 22.2 Å². The SMILES string of the molecule is OC1CN(c2ccc(-c3c(F)cc4[nH]c(O[C@@H]5CO[C@H]6[C@@H]5OC[C@H]6O)nc4c3F)cc2)C1. The van der Waals surface area contributed by atoms with E-state index in [9.17, 15) is 14.6 Å². The summed E-state index contributed by atoms with van der Waals surface area (Å²) < 4.78 is 47.0. The van der Waals surface area contributed by atoms with Gasteiger partial charge < -0.3 is 34.3 Å². The number of halogens is 2. The van der Waals surface area contributed by atoms with Crippen LogP contribution in [0.4, 0.5) is 14.5 Å². The van der Waals surface area contributed by atoms with Gasteiger partial charge in [-0.3, -0.25) is 0 Å². The molecular weight excluding hydrogens is 424 g/mol. The number of hydrogen-bond acceptors (Lipinski definition) is 7. The topological polar surface area (TPSA) is 100 Å². The van der Waals surface area contributed by atoms with Gasteiger partial charge in [-0.05, 0) is 17.7 Å². The number of aliphatic hydroxyl groups is 2. The van der Waals surface area contributed by atoms with Gasteiger partial charge in [0.1, 0.15) is 29.6 Å². The van der Waals surface area contributed by atoms with Gasteiger partial charge in [-0.25, -0.2) is 8.78 Å². The van der Waals surface area contributed by atoms with Crippen molar-refractivity contribution >= 4 is 16.7 Å². The highest BCUT2D eigenvalue weighted by Crippen LogP contribution is 2.35. The molecule has 0 radical (unpaired) electrons. The number of benzene rings is 2. The highest BCUT2D eigenvalue weighted by molar-refractivity contribution is 5.84. The molecule has 3 saturated heterocycles. The molecule has 0 aliphatic carbocycles. The highest BCUT2D eigenvalue weighted by Gasteiger charge is 2.48. The van der Waals surface area contributed by atoms with E-state index in [2.05, 4.69) is 9.97 Å². The van der Waals surface area contributed by atoms with E-state index in [1.807, 2.05) is 4.90 Å². The van der Waals surface area contributed by atoms with Crippen molar-refractivity contribution in [3.63, 3.8) is 0 Å². The van der Waals surface area contributed by atoms with Crippen LogP contribution in [0.15, 0.2) is 30.3 Å². The van der Waals surface area contributed by atoms with E-state index >= 15 is 4.39 Å². The number of anilines is 1. The molecule has 0 saturated carbocycles. The number of aliphatic hydroxyl groups excluding tert-OH is 2. The van der Waals surface area contributed by atoms with E-state index in [-0.39, 0.29) is 41.9 Å². The molecule has 3 N–H and O–H groups in total. The Bertz CT molecular complexity index is 1160. The summed E-state index contributed by atoms with van der Waals surface area (Å²) in [4.78, 5) is 8.96. The van der Waals surface area contributed by atoms with Gasteiger partial charge in [0.15, 0.2) is 11.9 Å². The molecule has 0 bridgehead atoms. The van der Waals surface area contributed by atoms with Crippen LogP contribution in [0.5, 0.6) is 6.01 Å². The summed E-state index contributed by atoms with van der Waals surface area (Å²) >= 11 is 0. The zero-order valence-electron chi connectivity index (χ0n) is 16.9. The number of rotatable bonds is 4. The highest BCUT2D eigenvalue weighted by atomic mass is 19.1. The molecule has 3 fully saturated rings. The number of aromatic amines is 1. The van der Waals surface area contributed by atoms with Crippen molar-refractivity contribution in [3.05, 3.63) is 42.0 Å². The fraction of sp³-hybridized carbons (Fsp3) is 0.409. The van der Waals surface area contributed by atoms with Crippen molar-refractivity contribution in [1.29, 1.82) is 0 Å². The molecule has 0 spiro atoms. The molecule has 3 aromatic rings. The van der Waals surface area contributed by atoms with E-state index in [0.29, 0.717) is 18.7 Å². The second kappa shape index (κ2) is 7.38. The minimum atomic E-state index is -0.786. The fourth-order valence-corrected chi connectivity index (χ4v) is 4.57. The van der Waals surface area contributed by atoms with Crippen molar-refractivity contribution in [1.82, 2.24) is 9.97 Å². The maximum Gasteiger partial charge on any atom is 0.295 e. The lowest BCUT2D eigenvalue weighted by molar-refractivity contribution is 0.00706. The maximum absolute atomic E-state index is 15.3. The Morgan fingerprint density at radius 2 is 1.81 bits per heavy atom. The third kappa shape index (κ3) is 3.14. The Morgan fingerprint density at radius 3 is 2.56 bits per heavy atom. The lowest BCUT2D eigenvalue weighted by Gasteiger charge is -2.37. The Morgan fingerprint density at radius 1 is 1.06 bits per heavy atom. The summed E-state index contributed by atoms with van der Waals surface area (Å²) in [5.41, 5.74) is 1.24. The molecule has 3 aliphatic rings. The molecule has 1 aromatic heterocycles. The lowest BCUT2D eigenvalue weighted by atomic mass is 10.0. The molecule has 3 aliphatic heterocycles. The first-order valence-electron chi connectivity index (χ1n) is 10.5. The molecule has 4 heterocycles. The van der Waals surface area contributed by atoms with Crippen LogP contribution in [0, 0.1) is 11.6 Å². The van der Waals surface area contributed by atoms with E-state index < -0.39 is 36.1 Å². The smallest absolute Gasteiger partial charge is 0.295 e. The van der Waals surface area contributed by atoms with Gasteiger partial charge in [0.2, 0.25) is 0 Å². The molecule has 10 heteroatoms. The molecule has 0 unspecified atom stereocenters. The first-order valence-corrected chi connectivity index (χ1v) is 10.5. The molecule has 32 heavy (non-hydrogen) atoms. The summed E-state index contributed by atoms with van der Waals surface area (Å²) in [5, 5.41) is 19.3. The second-order valence-electron chi connectivity index (χ2n) is 8.41. The van der Waals surface area contributed by atoms with E-state index in [0.717, 1.165) is 5.69 Å². The number of aromatic nitrogens is 2. The first-order chi connectivity index (χ1) is 15.5. The van der Waals surface area contributed by atoms with E-state index in [4.69, 9.17) is 14.2 Å². The van der Waals surface area contributed by atoms with Gasteiger partial charge >= 0.3 is 0 Å². The number of H-pyrrole nitrogens is 1. The monoisotopic (exact) mass is 445 g/mol. The van der Waals surface area contributed by atoms with Crippen molar-refractivity contribution in [2.24, 2.45) is 0 Å². The van der Waals surface area contributed by atoms with Crippen molar-refractivity contribution < 1.29 is 33.2 Å². The van der Waals surface area contributed by atoms with Gasteiger partial charge in [0, 0.05) is 24.8 Å². The van der Waals surface area contributed by atoms with Gasteiger partial charge in [-0.1, -0.05) is 12.1 Å². The number of hydrogen-bond donors (Lipinski definition) is 3. The predicted octanol–water partition coefficient (Wildman–Crippen LogP) is 1.59. The lowest BCUT2D eigenvalue weighted by Crippen LogP contribution is -2.50. The molecule has 8 nitrogen and oxygen atoms in total. The second-order valence-corrected chi connectivity index (χ2v) is 8.41. The van der Waals surface area contributed by atoms with Crippen LogP contribution in [-0.4, -0.2) is 77.0 Å². The van der Waals surface area contributed by atoms with Crippen LogP contribution in [0.1, 0.15) is 0 Å². The normalized spacial score (nSPS) is 27.7. The fourth-order valence-electron chi connectivity index (χ4n) is 4.57. The zero-order valence-corrected chi connectivity index (χ0v) is 16.9. The van der Waals surface area contributed by atoms with Crippen molar-refractivity contribution in [2.45, 2.75) is 30.5 Å². The van der Waals surface area contributed by atoms with Gasteiger partial charge in [-0.2, -0.15) is 4.98 Å². The van der Waals surface area contributed by atoms with Crippen LogP contribution in [0.2, 0.25) is 0 Å². The molecule has 168 valence electrons. The molecular formula is C22H21F2N3O5. The van der Waals surface area contributed by atoms with Gasteiger partial charge in [-0.15, -0.1) is 0 Å². The average molecular weight is 445 g/mol. The minimum absolute atomic E-state index is 0.0291. The van der Waals surface area contributed by atoms with Gasteiger partial charge in [0.25, 0.3) is 6.01 Å². The Labute approximate surface area is 181 Å². The summed E-state index contributed by atoms with van der Waals surface area (Å²) in [6, 6.07) is 8.07. The summed E-state index contributed by atoms with van der Waals surface area (Å²) in [6.45, 7) is 1.45. The predicted molar refractivity (Wildman–Crippen MR) is 110 cm³/mol.